The summed E-state index contributed by atoms with van der Waals surface area (Å²) < 4.78 is 10.7. The first-order valence-corrected chi connectivity index (χ1v) is 9.96. The Labute approximate surface area is 160 Å². The minimum atomic E-state index is -0.0963. The summed E-state index contributed by atoms with van der Waals surface area (Å²) in [4.78, 5) is 27.4. The van der Waals surface area contributed by atoms with E-state index >= 15 is 0 Å². The van der Waals surface area contributed by atoms with Gasteiger partial charge in [0.25, 0.3) is 0 Å². The molecular formula is C21H28N2O4. The van der Waals surface area contributed by atoms with Crippen LogP contribution in [0.5, 0.6) is 5.75 Å². The van der Waals surface area contributed by atoms with E-state index in [2.05, 4.69) is 5.32 Å². The quantitative estimate of drug-likeness (QED) is 0.858. The highest BCUT2D eigenvalue weighted by atomic mass is 16.5. The van der Waals surface area contributed by atoms with Crippen molar-refractivity contribution in [3.05, 3.63) is 29.8 Å². The van der Waals surface area contributed by atoms with E-state index in [-0.39, 0.29) is 35.6 Å². The van der Waals surface area contributed by atoms with Gasteiger partial charge in [-0.25, -0.2) is 0 Å². The van der Waals surface area contributed by atoms with Gasteiger partial charge in [0.2, 0.25) is 11.8 Å². The second kappa shape index (κ2) is 7.89. The first-order valence-electron chi connectivity index (χ1n) is 9.96. The van der Waals surface area contributed by atoms with Crippen molar-refractivity contribution in [3.8, 4) is 5.75 Å². The van der Waals surface area contributed by atoms with Gasteiger partial charge in [-0.1, -0.05) is 12.1 Å². The number of hydrogen-bond acceptors (Lipinski definition) is 4. The van der Waals surface area contributed by atoms with Gasteiger partial charge in [0.15, 0.2) is 0 Å². The molecule has 3 aliphatic rings. The minimum absolute atomic E-state index is 0.0696. The van der Waals surface area contributed by atoms with Crippen molar-refractivity contribution in [1.82, 2.24) is 10.2 Å². The summed E-state index contributed by atoms with van der Waals surface area (Å²) >= 11 is 0. The standard InChI is InChI=1S/C21H28N2O4/c1-26-17-6-4-14(5-7-17)18-12-16(22-20(24)15-2-3-15)13-19(18)21(25)23-8-10-27-11-9-23/h4-7,15-16,18-19H,2-3,8-13H2,1H3,(H,22,24)/t16-,18+,19-/m0/s1. The number of benzene rings is 1. The lowest BCUT2D eigenvalue weighted by atomic mass is 9.88. The molecule has 27 heavy (non-hydrogen) atoms. The normalized spacial score (nSPS) is 28.0. The maximum absolute atomic E-state index is 13.2. The number of hydrogen-bond donors (Lipinski definition) is 1. The number of methoxy groups -OCH3 is 1. The summed E-state index contributed by atoms with van der Waals surface area (Å²) in [6.45, 7) is 2.52. The first kappa shape index (κ1) is 18.3. The molecule has 1 heterocycles. The monoisotopic (exact) mass is 372 g/mol. The van der Waals surface area contributed by atoms with Gasteiger partial charge in [-0.2, -0.15) is 0 Å². The molecule has 1 N–H and O–H groups in total. The Morgan fingerprint density at radius 1 is 1.11 bits per heavy atom. The van der Waals surface area contributed by atoms with E-state index in [9.17, 15) is 9.59 Å². The Morgan fingerprint density at radius 2 is 1.81 bits per heavy atom. The van der Waals surface area contributed by atoms with Crippen molar-refractivity contribution in [1.29, 1.82) is 0 Å². The van der Waals surface area contributed by atoms with Crippen LogP contribution in [-0.4, -0.2) is 56.2 Å². The van der Waals surface area contributed by atoms with Gasteiger partial charge in [0.1, 0.15) is 5.75 Å². The van der Waals surface area contributed by atoms with Crippen LogP contribution in [0.4, 0.5) is 0 Å². The van der Waals surface area contributed by atoms with Gasteiger partial charge in [-0.3, -0.25) is 9.59 Å². The van der Waals surface area contributed by atoms with Gasteiger partial charge in [0, 0.05) is 31.0 Å². The number of morpholine rings is 1. The summed E-state index contributed by atoms with van der Waals surface area (Å²) in [5, 5.41) is 3.19. The molecular weight excluding hydrogens is 344 g/mol. The van der Waals surface area contributed by atoms with Crippen LogP contribution in [0.2, 0.25) is 0 Å². The maximum atomic E-state index is 13.2. The highest BCUT2D eigenvalue weighted by molar-refractivity contribution is 5.83. The van der Waals surface area contributed by atoms with Crippen LogP contribution in [0, 0.1) is 11.8 Å². The largest absolute Gasteiger partial charge is 0.497 e. The average molecular weight is 372 g/mol. The topological polar surface area (TPSA) is 67.9 Å². The van der Waals surface area contributed by atoms with Crippen molar-refractivity contribution < 1.29 is 19.1 Å². The Balaban J connectivity index is 1.51. The Hall–Kier alpha value is -2.08. The number of amides is 2. The summed E-state index contributed by atoms with van der Waals surface area (Å²) in [7, 11) is 1.65. The summed E-state index contributed by atoms with van der Waals surface area (Å²) in [5.41, 5.74) is 1.14. The van der Waals surface area contributed by atoms with E-state index in [1.165, 1.54) is 0 Å². The summed E-state index contributed by atoms with van der Waals surface area (Å²) in [6.07, 6.45) is 3.52. The first-order chi connectivity index (χ1) is 13.2. The van der Waals surface area contributed by atoms with E-state index in [0.29, 0.717) is 32.7 Å². The zero-order chi connectivity index (χ0) is 18.8. The molecule has 1 saturated heterocycles. The van der Waals surface area contributed by atoms with E-state index in [0.717, 1.165) is 30.6 Å². The molecule has 0 spiro atoms. The van der Waals surface area contributed by atoms with Crippen molar-refractivity contribution in [2.24, 2.45) is 11.8 Å². The molecule has 1 aromatic carbocycles. The number of carbonyl (C=O) groups excluding carboxylic acids is 2. The van der Waals surface area contributed by atoms with Crippen LogP contribution in [0.15, 0.2) is 24.3 Å². The van der Waals surface area contributed by atoms with Crippen LogP contribution in [0.1, 0.15) is 37.2 Å². The van der Waals surface area contributed by atoms with Crippen molar-refractivity contribution in [3.63, 3.8) is 0 Å². The molecule has 2 saturated carbocycles. The second-order valence-corrected chi connectivity index (χ2v) is 7.87. The molecule has 6 heteroatoms. The minimum Gasteiger partial charge on any atom is -0.497 e. The molecule has 4 rings (SSSR count). The average Bonchev–Trinajstić information content (AvgIpc) is 3.49. The van der Waals surface area contributed by atoms with Gasteiger partial charge < -0.3 is 19.7 Å². The molecule has 1 aliphatic heterocycles. The molecule has 0 unspecified atom stereocenters. The highest BCUT2D eigenvalue weighted by Gasteiger charge is 2.43. The fraction of sp³-hybridized carbons (Fsp3) is 0.619. The predicted octanol–water partition coefficient (Wildman–Crippen LogP) is 1.94. The number of ether oxygens (including phenoxy) is 2. The van der Waals surface area contributed by atoms with Crippen LogP contribution in [-0.2, 0) is 14.3 Å². The smallest absolute Gasteiger partial charge is 0.226 e. The third kappa shape index (κ3) is 4.10. The van der Waals surface area contributed by atoms with Crippen LogP contribution in [0.25, 0.3) is 0 Å². The highest BCUT2D eigenvalue weighted by Crippen LogP contribution is 2.42. The molecule has 0 bridgehead atoms. The zero-order valence-corrected chi connectivity index (χ0v) is 15.9. The van der Waals surface area contributed by atoms with E-state index in [1.807, 2.05) is 29.2 Å². The molecule has 2 aliphatic carbocycles. The van der Waals surface area contributed by atoms with E-state index in [4.69, 9.17) is 9.47 Å². The third-order valence-corrected chi connectivity index (χ3v) is 6.04. The van der Waals surface area contributed by atoms with Gasteiger partial charge in [0.05, 0.1) is 20.3 Å². The summed E-state index contributed by atoms with van der Waals surface area (Å²) in [6, 6.07) is 8.06. The number of nitrogens with one attached hydrogen (secondary N) is 1. The molecule has 6 nitrogen and oxygen atoms in total. The van der Waals surface area contributed by atoms with Crippen molar-refractivity contribution >= 4 is 11.8 Å². The fourth-order valence-corrected chi connectivity index (χ4v) is 4.33. The lowest BCUT2D eigenvalue weighted by Gasteiger charge is -2.31. The zero-order valence-electron chi connectivity index (χ0n) is 15.9. The fourth-order valence-electron chi connectivity index (χ4n) is 4.33. The third-order valence-electron chi connectivity index (χ3n) is 6.04. The molecule has 3 fully saturated rings. The van der Waals surface area contributed by atoms with Crippen molar-refractivity contribution in [2.75, 3.05) is 33.4 Å². The molecule has 146 valence electrons. The Bertz CT molecular complexity index is 680. The van der Waals surface area contributed by atoms with Crippen molar-refractivity contribution in [2.45, 2.75) is 37.6 Å². The Morgan fingerprint density at radius 3 is 2.44 bits per heavy atom. The predicted molar refractivity (Wildman–Crippen MR) is 101 cm³/mol. The maximum Gasteiger partial charge on any atom is 0.226 e. The lowest BCUT2D eigenvalue weighted by Crippen LogP contribution is -2.44. The number of carbonyl (C=O) groups is 2. The summed E-state index contributed by atoms with van der Waals surface area (Å²) in [5.74, 6) is 1.39. The molecule has 0 radical (unpaired) electrons. The van der Waals surface area contributed by atoms with Gasteiger partial charge in [-0.15, -0.1) is 0 Å². The lowest BCUT2D eigenvalue weighted by molar-refractivity contribution is -0.140. The number of rotatable bonds is 5. The molecule has 0 aromatic heterocycles. The SMILES string of the molecule is COc1ccc([C@H]2C[C@H](NC(=O)C3CC3)C[C@@H]2C(=O)N2CCOCC2)cc1. The molecule has 3 atom stereocenters. The second-order valence-electron chi connectivity index (χ2n) is 7.87. The van der Waals surface area contributed by atoms with Crippen LogP contribution in [0.3, 0.4) is 0 Å². The van der Waals surface area contributed by atoms with E-state index < -0.39 is 0 Å². The molecule has 2 amide bonds. The van der Waals surface area contributed by atoms with Crippen LogP contribution < -0.4 is 10.1 Å². The molecule has 1 aromatic rings. The van der Waals surface area contributed by atoms with Crippen LogP contribution >= 0.6 is 0 Å². The van der Waals surface area contributed by atoms with Gasteiger partial charge in [-0.05, 0) is 49.3 Å². The van der Waals surface area contributed by atoms with Gasteiger partial charge >= 0.3 is 0 Å². The Kier molecular flexibility index (Phi) is 5.34. The van der Waals surface area contributed by atoms with E-state index in [1.54, 1.807) is 7.11 Å². The number of nitrogens with zero attached hydrogens (tertiary/aromatic N) is 1.